The van der Waals surface area contributed by atoms with Crippen LogP contribution in [-0.2, 0) is 9.53 Å². The number of carbonyl (C=O) groups excluding carboxylic acids is 2. The molecule has 4 heterocycles. The number of anilines is 2. The molecule has 4 aromatic rings. The first kappa shape index (κ1) is 25.6. The van der Waals surface area contributed by atoms with E-state index in [0.717, 1.165) is 27.9 Å². The van der Waals surface area contributed by atoms with Crippen molar-refractivity contribution < 1.29 is 19.4 Å². The minimum Gasteiger partial charge on any atom is -0.453 e. The molecule has 0 saturated carbocycles. The number of tetrazole rings is 1. The summed E-state index contributed by atoms with van der Waals surface area (Å²) in [6.45, 7) is 5.63. The Hall–Kier alpha value is -4.52. The number of fused-ring (bicyclic) bond motifs is 1. The molecule has 3 N–H and O–H groups in total. The van der Waals surface area contributed by atoms with Gasteiger partial charge in [-0.2, -0.15) is 9.90 Å². The fourth-order valence-electron chi connectivity index (χ4n) is 3.77. The normalized spacial score (nSPS) is 12.9. The molecular weight excluding hydrogens is 478 g/mol. The van der Waals surface area contributed by atoms with Gasteiger partial charge in [0.1, 0.15) is 6.04 Å². The molecule has 0 bridgehead atoms. The Morgan fingerprint density at radius 1 is 1.22 bits per heavy atom. The molecule has 0 unspecified atom stereocenters. The van der Waals surface area contributed by atoms with E-state index in [1.807, 2.05) is 55.0 Å². The van der Waals surface area contributed by atoms with Crippen LogP contribution in [0.4, 0.5) is 16.2 Å². The molecule has 0 aliphatic carbocycles. The van der Waals surface area contributed by atoms with Crippen LogP contribution in [-0.4, -0.2) is 85.7 Å². The number of hydrogen-bond acceptors (Lipinski definition) is 9. The van der Waals surface area contributed by atoms with Gasteiger partial charge in [-0.3, -0.25) is 4.79 Å². The fourth-order valence-corrected chi connectivity index (χ4v) is 3.77. The minimum atomic E-state index is -0.357. The smallest absolute Gasteiger partial charge is 0.409 e. The van der Waals surface area contributed by atoms with Crippen LogP contribution in [0.15, 0.2) is 42.7 Å². The number of pyridine rings is 1. The molecule has 0 atom stereocenters. The van der Waals surface area contributed by atoms with Gasteiger partial charge in [0, 0.05) is 29.7 Å². The summed E-state index contributed by atoms with van der Waals surface area (Å²) >= 11 is 0. The molecule has 13 heteroatoms. The molecule has 0 spiro atoms. The molecule has 3 aromatic heterocycles. The number of ether oxygens (including phenoxy) is 1. The topological polar surface area (TPSA) is 152 Å². The maximum atomic E-state index is 11.3. The van der Waals surface area contributed by atoms with Gasteiger partial charge in [0.2, 0.25) is 12.2 Å². The zero-order valence-electron chi connectivity index (χ0n) is 20.8. The van der Waals surface area contributed by atoms with E-state index < -0.39 is 0 Å². The number of carbonyl (C=O) groups is 2. The molecule has 1 aliphatic rings. The lowest BCUT2D eigenvalue weighted by Gasteiger charge is -2.36. The third-order valence-corrected chi connectivity index (χ3v) is 5.92. The summed E-state index contributed by atoms with van der Waals surface area (Å²) in [5, 5.41) is 31.0. The minimum absolute atomic E-state index is 0.00614. The van der Waals surface area contributed by atoms with Gasteiger partial charge in [-0.05, 0) is 48.4 Å². The van der Waals surface area contributed by atoms with Crippen molar-refractivity contribution in [1.82, 2.24) is 34.7 Å². The van der Waals surface area contributed by atoms with Crippen molar-refractivity contribution in [3.05, 3.63) is 53.9 Å². The highest BCUT2D eigenvalue weighted by molar-refractivity contribution is 5.76. The lowest BCUT2D eigenvalue weighted by molar-refractivity contribution is -0.105. The van der Waals surface area contributed by atoms with Crippen molar-refractivity contribution in [2.24, 2.45) is 0 Å². The summed E-state index contributed by atoms with van der Waals surface area (Å²) in [5.74, 6) is 0.468. The number of aryl methyl sites for hydroxylation is 2. The third-order valence-electron chi connectivity index (χ3n) is 5.92. The predicted molar refractivity (Wildman–Crippen MR) is 136 cm³/mol. The zero-order chi connectivity index (χ0) is 26.4. The van der Waals surface area contributed by atoms with Gasteiger partial charge < -0.3 is 25.4 Å². The monoisotopic (exact) mass is 507 g/mol. The van der Waals surface area contributed by atoms with Crippen molar-refractivity contribution in [2.75, 3.05) is 44.0 Å². The van der Waals surface area contributed by atoms with Crippen LogP contribution < -0.4 is 10.6 Å². The van der Waals surface area contributed by atoms with Crippen molar-refractivity contribution in [3.63, 3.8) is 0 Å². The van der Waals surface area contributed by atoms with Gasteiger partial charge in [0.05, 0.1) is 38.5 Å². The van der Waals surface area contributed by atoms with Crippen LogP contribution in [0.25, 0.3) is 16.9 Å². The van der Waals surface area contributed by atoms with Crippen LogP contribution in [0.5, 0.6) is 0 Å². The van der Waals surface area contributed by atoms with Crippen LogP contribution >= 0.6 is 0 Å². The number of hydrogen-bond donors (Lipinski definition) is 3. The Morgan fingerprint density at radius 3 is 2.76 bits per heavy atom. The summed E-state index contributed by atoms with van der Waals surface area (Å²) in [6, 6.07) is 9.51. The maximum Gasteiger partial charge on any atom is 0.409 e. The number of aromatic nitrogens is 6. The number of nitrogens with one attached hydrogen (secondary N) is 2. The summed E-state index contributed by atoms with van der Waals surface area (Å²) < 4.78 is 6.48. The first-order valence-electron chi connectivity index (χ1n) is 11.7. The molecule has 194 valence electrons. The lowest BCUT2D eigenvalue weighted by atomic mass is 10.1. The quantitative estimate of drug-likeness (QED) is 0.318. The predicted octanol–water partition coefficient (Wildman–Crippen LogP) is 1.89. The fraction of sp³-hybridized carbons (Fsp3) is 0.333. The second kappa shape index (κ2) is 11.5. The van der Waals surface area contributed by atoms with Gasteiger partial charge >= 0.3 is 6.09 Å². The highest BCUT2D eigenvalue weighted by Crippen LogP contribution is 2.24. The summed E-state index contributed by atoms with van der Waals surface area (Å²) in [7, 11) is 1.35. The van der Waals surface area contributed by atoms with E-state index >= 15 is 0 Å². The number of aliphatic hydroxyl groups excluding tert-OH is 1. The van der Waals surface area contributed by atoms with Crippen LogP contribution in [0.1, 0.15) is 17.2 Å². The number of amides is 2. The molecular formula is C24H29N9O4. The maximum absolute atomic E-state index is 11.3. The van der Waals surface area contributed by atoms with Gasteiger partial charge in [0.15, 0.2) is 0 Å². The molecule has 0 radical (unpaired) electrons. The number of nitrogens with zero attached hydrogens (tertiary/aromatic N) is 7. The number of methoxy groups -OCH3 is 1. The van der Waals surface area contributed by atoms with Crippen molar-refractivity contribution in [2.45, 2.75) is 19.9 Å². The van der Waals surface area contributed by atoms with Gasteiger partial charge in [-0.25, -0.2) is 9.31 Å². The third kappa shape index (κ3) is 5.83. The first-order valence-corrected chi connectivity index (χ1v) is 11.7. The average Bonchev–Trinajstić information content (AvgIpc) is 3.51. The standard InChI is InChI=1S/C14H16N6O3.C10H13N3O/c1-9-3-4-10(5-12(9)15-8-21)13-16-18-20(17-13)11-6-19(7-11)14(22)23-2;1-8-7-12-13-4-2-9(6-10(8)13)11-3-5-14/h3-5,8,11H,6-7H2,1-2H3,(H,15,21);2,4,6-7,11,14H,3,5H2,1H3. The van der Waals surface area contributed by atoms with E-state index in [2.05, 4.69) is 35.9 Å². The number of rotatable bonds is 7. The summed E-state index contributed by atoms with van der Waals surface area (Å²) in [4.78, 5) is 25.0. The molecule has 1 aromatic carbocycles. The van der Waals surface area contributed by atoms with Gasteiger partial charge in [-0.15, -0.1) is 10.2 Å². The number of likely N-dealkylation sites (tertiary alicyclic amines) is 1. The highest BCUT2D eigenvalue weighted by atomic mass is 16.5. The first-order chi connectivity index (χ1) is 17.9. The van der Waals surface area contributed by atoms with Crippen molar-refractivity contribution >= 4 is 29.4 Å². The van der Waals surface area contributed by atoms with E-state index in [1.54, 1.807) is 11.0 Å². The van der Waals surface area contributed by atoms with Gasteiger partial charge in [-0.1, -0.05) is 12.1 Å². The van der Waals surface area contributed by atoms with E-state index in [9.17, 15) is 9.59 Å². The largest absolute Gasteiger partial charge is 0.453 e. The van der Waals surface area contributed by atoms with Crippen molar-refractivity contribution in [1.29, 1.82) is 0 Å². The lowest BCUT2D eigenvalue weighted by Crippen LogP contribution is -2.51. The zero-order valence-corrected chi connectivity index (χ0v) is 20.8. The van der Waals surface area contributed by atoms with E-state index in [4.69, 9.17) is 5.11 Å². The number of aliphatic hydroxyl groups is 1. The Morgan fingerprint density at radius 2 is 2.03 bits per heavy atom. The molecule has 1 saturated heterocycles. The Labute approximate surface area is 213 Å². The summed E-state index contributed by atoms with van der Waals surface area (Å²) in [5.41, 5.74) is 5.66. The van der Waals surface area contributed by atoms with Crippen LogP contribution in [0.3, 0.4) is 0 Å². The molecule has 2 amide bonds. The van der Waals surface area contributed by atoms with E-state index in [1.165, 1.54) is 11.9 Å². The van der Waals surface area contributed by atoms with Crippen LogP contribution in [0.2, 0.25) is 0 Å². The second-order valence-electron chi connectivity index (χ2n) is 8.48. The van der Waals surface area contributed by atoms with Crippen LogP contribution in [0, 0.1) is 13.8 Å². The molecule has 13 nitrogen and oxygen atoms in total. The highest BCUT2D eigenvalue weighted by Gasteiger charge is 2.34. The Bertz CT molecular complexity index is 1380. The second-order valence-corrected chi connectivity index (χ2v) is 8.48. The number of benzene rings is 1. The Kier molecular flexibility index (Phi) is 7.93. The molecule has 1 aliphatic heterocycles. The average molecular weight is 508 g/mol. The Balaban J connectivity index is 0.000000195. The molecule has 37 heavy (non-hydrogen) atoms. The summed E-state index contributed by atoms with van der Waals surface area (Å²) in [6.07, 6.45) is 4.02. The SMILES string of the molecule is COC(=O)N1CC(n2nnc(-c3ccc(C)c(NC=O)c3)n2)C1.Cc1cnn2ccc(NCCO)cc12. The van der Waals surface area contributed by atoms with Crippen molar-refractivity contribution in [3.8, 4) is 11.4 Å². The van der Waals surface area contributed by atoms with E-state index in [0.29, 0.717) is 37.6 Å². The van der Waals surface area contributed by atoms with E-state index in [-0.39, 0.29) is 18.7 Å². The van der Waals surface area contributed by atoms with Gasteiger partial charge in [0.25, 0.3) is 0 Å². The molecule has 5 rings (SSSR count). The molecule has 1 fully saturated rings.